The van der Waals surface area contributed by atoms with E-state index in [0.29, 0.717) is 30.5 Å². The molecule has 1 N–H and O–H groups in total. The fourth-order valence-electron chi connectivity index (χ4n) is 4.87. The number of alkyl halides is 1. The number of carbonyl (C=O) groups excluding carboxylic acids is 2. The Labute approximate surface area is 176 Å². The summed E-state index contributed by atoms with van der Waals surface area (Å²) in [6, 6.07) is 0.301. The van der Waals surface area contributed by atoms with Crippen LogP contribution >= 0.6 is 0 Å². The number of Topliss-reactive ketones (excluding diaryl/α,β-unsaturated/α-hetero) is 2. The lowest BCUT2D eigenvalue weighted by Crippen LogP contribution is -2.44. The monoisotopic (exact) mass is 406 g/mol. The second kappa shape index (κ2) is 11.6. The van der Waals surface area contributed by atoms with Crippen LogP contribution in [-0.2, 0) is 9.59 Å². The number of allylic oxidation sites excluding steroid dienone is 3. The first-order chi connectivity index (χ1) is 14.0. The second-order valence-corrected chi connectivity index (χ2v) is 8.26. The van der Waals surface area contributed by atoms with E-state index in [9.17, 15) is 14.0 Å². The van der Waals surface area contributed by atoms with Crippen LogP contribution in [0.2, 0.25) is 0 Å². The van der Waals surface area contributed by atoms with Crippen molar-refractivity contribution in [2.45, 2.75) is 90.9 Å². The van der Waals surface area contributed by atoms with Gasteiger partial charge in [-0.15, -0.1) is 0 Å². The molecule has 1 saturated carbocycles. The zero-order valence-electron chi connectivity index (χ0n) is 18.6. The minimum absolute atomic E-state index is 0.00538. The number of likely N-dealkylation sites (tertiary alicyclic amines) is 1. The first-order valence-electron chi connectivity index (χ1n) is 11.6. The minimum Gasteiger partial charge on any atom is -0.375 e. The maximum atomic E-state index is 14.9. The molecule has 3 rings (SSSR count). The Balaban J connectivity index is 0.00000145. The highest BCUT2D eigenvalue weighted by atomic mass is 19.1. The zero-order valence-corrected chi connectivity index (χ0v) is 18.6. The van der Waals surface area contributed by atoms with Crippen molar-refractivity contribution in [3.8, 4) is 0 Å². The van der Waals surface area contributed by atoms with Crippen molar-refractivity contribution >= 4 is 11.6 Å². The van der Waals surface area contributed by atoms with E-state index < -0.39 is 6.17 Å². The lowest BCUT2D eigenvalue weighted by molar-refractivity contribution is -0.130. The van der Waals surface area contributed by atoms with Crippen LogP contribution in [0.4, 0.5) is 4.39 Å². The Morgan fingerprint density at radius 2 is 1.79 bits per heavy atom. The average molecular weight is 407 g/mol. The summed E-state index contributed by atoms with van der Waals surface area (Å²) >= 11 is 0. The van der Waals surface area contributed by atoms with Gasteiger partial charge >= 0.3 is 0 Å². The molecule has 0 radical (unpaired) electrons. The van der Waals surface area contributed by atoms with Gasteiger partial charge in [0.05, 0.1) is 12.5 Å². The molecule has 3 unspecified atom stereocenters. The molecule has 5 heteroatoms. The molecule has 3 atom stereocenters. The Hall–Kier alpha value is -1.49. The van der Waals surface area contributed by atoms with Crippen molar-refractivity contribution < 1.29 is 14.0 Å². The summed E-state index contributed by atoms with van der Waals surface area (Å²) in [6.45, 7) is 10.6. The van der Waals surface area contributed by atoms with Crippen LogP contribution in [0, 0.1) is 11.8 Å². The van der Waals surface area contributed by atoms with E-state index in [4.69, 9.17) is 0 Å². The summed E-state index contributed by atoms with van der Waals surface area (Å²) in [7, 11) is 0. The molecular formula is C24H39FN2O2. The van der Waals surface area contributed by atoms with E-state index in [1.165, 1.54) is 12.8 Å². The predicted molar refractivity (Wildman–Crippen MR) is 116 cm³/mol. The SMILES string of the molecule is CC.CCC(CC)N1CCC(C2C=CC(NC3CCC(=O)CC3=O)=CC2F)CC1. The van der Waals surface area contributed by atoms with Crippen molar-refractivity contribution in [1.82, 2.24) is 10.2 Å². The first kappa shape index (κ1) is 23.8. The van der Waals surface area contributed by atoms with Crippen molar-refractivity contribution in [3.63, 3.8) is 0 Å². The fraction of sp³-hybridized carbons (Fsp3) is 0.750. The van der Waals surface area contributed by atoms with Crippen LogP contribution in [0.25, 0.3) is 0 Å². The lowest BCUT2D eigenvalue weighted by Gasteiger charge is -2.40. The molecule has 0 aromatic heterocycles. The molecule has 0 spiro atoms. The second-order valence-electron chi connectivity index (χ2n) is 8.26. The maximum Gasteiger partial charge on any atom is 0.162 e. The van der Waals surface area contributed by atoms with Gasteiger partial charge in [0, 0.05) is 24.1 Å². The van der Waals surface area contributed by atoms with Gasteiger partial charge in [0.1, 0.15) is 12.0 Å². The van der Waals surface area contributed by atoms with E-state index in [0.717, 1.165) is 25.9 Å². The highest BCUT2D eigenvalue weighted by Gasteiger charge is 2.33. The molecule has 0 aromatic carbocycles. The topological polar surface area (TPSA) is 49.4 Å². The summed E-state index contributed by atoms with van der Waals surface area (Å²) in [5.41, 5.74) is 0.681. The normalized spacial score (nSPS) is 28.8. The van der Waals surface area contributed by atoms with Crippen LogP contribution in [0.1, 0.15) is 72.6 Å². The van der Waals surface area contributed by atoms with Crippen molar-refractivity contribution in [1.29, 1.82) is 0 Å². The Kier molecular flexibility index (Phi) is 9.54. The van der Waals surface area contributed by atoms with Crippen LogP contribution in [0.15, 0.2) is 23.9 Å². The number of piperidine rings is 1. The molecule has 0 aromatic rings. The van der Waals surface area contributed by atoms with Gasteiger partial charge in [0.15, 0.2) is 5.78 Å². The molecular weight excluding hydrogens is 367 g/mol. The summed E-state index contributed by atoms with van der Waals surface area (Å²) in [6.07, 6.45) is 9.93. The number of hydrogen-bond donors (Lipinski definition) is 1. The van der Waals surface area contributed by atoms with Gasteiger partial charge in [-0.05, 0) is 63.3 Å². The fourth-order valence-corrected chi connectivity index (χ4v) is 4.87. The summed E-state index contributed by atoms with van der Waals surface area (Å²) in [4.78, 5) is 25.9. The molecule has 1 saturated heterocycles. The van der Waals surface area contributed by atoms with Gasteiger partial charge in [-0.25, -0.2) is 4.39 Å². The molecule has 29 heavy (non-hydrogen) atoms. The maximum absolute atomic E-state index is 14.9. The smallest absolute Gasteiger partial charge is 0.162 e. The molecule has 4 nitrogen and oxygen atoms in total. The van der Waals surface area contributed by atoms with Crippen molar-refractivity contribution in [3.05, 3.63) is 23.9 Å². The highest BCUT2D eigenvalue weighted by Crippen LogP contribution is 2.34. The molecule has 2 aliphatic carbocycles. The van der Waals surface area contributed by atoms with Gasteiger partial charge < -0.3 is 10.2 Å². The van der Waals surface area contributed by atoms with Crippen molar-refractivity contribution in [2.75, 3.05) is 13.1 Å². The van der Waals surface area contributed by atoms with E-state index in [1.54, 1.807) is 6.08 Å². The largest absolute Gasteiger partial charge is 0.375 e. The number of nitrogens with zero attached hydrogens (tertiary/aromatic N) is 1. The van der Waals surface area contributed by atoms with Gasteiger partial charge in [0.2, 0.25) is 0 Å². The number of halogens is 1. The molecule has 1 aliphatic heterocycles. The minimum atomic E-state index is -1.01. The number of nitrogens with one attached hydrogen (secondary N) is 1. The van der Waals surface area contributed by atoms with Gasteiger partial charge in [0.25, 0.3) is 0 Å². The molecule has 0 amide bonds. The summed E-state index contributed by atoms with van der Waals surface area (Å²) in [5.74, 6) is 0.248. The quantitative estimate of drug-likeness (QED) is 0.655. The third-order valence-corrected chi connectivity index (χ3v) is 6.59. The average Bonchev–Trinajstić information content (AvgIpc) is 2.73. The van der Waals surface area contributed by atoms with E-state index in [-0.39, 0.29) is 29.9 Å². The third-order valence-electron chi connectivity index (χ3n) is 6.59. The number of hydrogen-bond acceptors (Lipinski definition) is 4. The lowest BCUT2D eigenvalue weighted by atomic mass is 9.79. The van der Waals surface area contributed by atoms with E-state index in [1.807, 2.05) is 26.0 Å². The van der Waals surface area contributed by atoms with Gasteiger partial charge in [-0.1, -0.05) is 33.8 Å². The predicted octanol–water partition coefficient (Wildman–Crippen LogP) is 4.60. The molecule has 164 valence electrons. The van der Waals surface area contributed by atoms with Crippen LogP contribution in [0.3, 0.4) is 0 Å². The van der Waals surface area contributed by atoms with E-state index >= 15 is 0 Å². The molecule has 0 bridgehead atoms. The van der Waals surface area contributed by atoms with Gasteiger partial charge in [-0.2, -0.15) is 0 Å². The van der Waals surface area contributed by atoms with E-state index in [2.05, 4.69) is 24.1 Å². The summed E-state index contributed by atoms with van der Waals surface area (Å²) < 4.78 is 14.9. The highest BCUT2D eigenvalue weighted by molar-refractivity contribution is 6.04. The number of rotatable bonds is 6. The Morgan fingerprint density at radius 3 is 2.34 bits per heavy atom. The third kappa shape index (κ3) is 6.24. The number of ketones is 2. The standard InChI is InChI=1S/C22H33FN2O2.C2H6/c1-3-17(4-2)25-11-9-15(10-12-25)19-7-5-16(13-20(19)23)24-21-8-6-18(26)14-22(21)27;1-2/h5,7,13,15,17,19-21,24H,3-4,6,8-12,14H2,1-2H3;1-2H3. The molecule has 3 aliphatic rings. The molecule has 1 heterocycles. The van der Waals surface area contributed by atoms with Crippen molar-refractivity contribution in [2.24, 2.45) is 11.8 Å². The number of carbonyl (C=O) groups is 2. The van der Waals surface area contributed by atoms with Crippen LogP contribution in [0.5, 0.6) is 0 Å². The molecule has 2 fully saturated rings. The van der Waals surface area contributed by atoms with Gasteiger partial charge in [-0.3, -0.25) is 9.59 Å². The summed E-state index contributed by atoms with van der Waals surface area (Å²) in [5, 5.41) is 3.14. The zero-order chi connectivity index (χ0) is 21.4. The van der Waals surface area contributed by atoms with Crippen LogP contribution < -0.4 is 5.32 Å². The Bertz CT molecular complexity index is 604. The van der Waals surface area contributed by atoms with Crippen LogP contribution in [-0.4, -0.2) is 47.8 Å². The Morgan fingerprint density at radius 1 is 1.14 bits per heavy atom. The first-order valence-corrected chi connectivity index (χ1v) is 11.6.